The maximum Gasteiger partial charge on any atom is 0.230 e. The standard InChI is InChI=1S/C22H26N2O2/c25-20-11-14-24(16-22(20)12-6-13-23-21(22)26)15-18-9-4-5-10-19(18)17-7-2-1-3-8-17/h1-5,7-10,20,25H,6,11-16H2,(H,23,26)/t20-,22+/m0/s1. The molecule has 2 aliphatic rings. The highest BCUT2D eigenvalue weighted by molar-refractivity contribution is 5.84. The van der Waals surface area contributed by atoms with E-state index in [4.69, 9.17) is 0 Å². The van der Waals surface area contributed by atoms with Gasteiger partial charge in [-0.1, -0.05) is 54.6 Å². The maximum absolute atomic E-state index is 12.6. The zero-order valence-electron chi connectivity index (χ0n) is 15.0. The van der Waals surface area contributed by atoms with Crippen molar-refractivity contribution in [2.45, 2.75) is 31.9 Å². The van der Waals surface area contributed by atoms with Crippen LogP contribution in [0.2, 0.25) is 0 Å². The van der Waals surface area contributed by atoms with Gasteiger partial charge >= 0.3 is 0 Å². The van der Waals surface area contributed by atoms with E-state index in [0.717, 1.165) is 32.5 Å². The molecule has 2 atom stereocenters. The maximum atomic E-state index is 12.6. The molecule has 2 aliphatic heterocycles. The van der Waals surface area contributed by atoms with Crippen molar-refractivity contribution in [2.75, 3.05) is 19.6 Å². The lowest BCUT2D eigenvalue weighted by Crippen LogP contribution is -2.61. The number of benzene rings is 2. The van der Waals surface area contributed by atoms with E-state index in [0.29, 0.717) is 13.0 Å². The predicted octanol–water partition coefficient (Wildman–Crippen LogP) is 2.82. The molecule has 2 fully saturated rings. The van der Waals surface area contributed by atoms with Crippen molar-refractivity contribution in [3.63, 3.8) is 0 Å². The summed E-state index contributed by atoms with van der Waals surface area (Å²) in [7, 11) is 0. The molecule has 136 valence electrons. The lowest BCUT2D eigenvalue weighted by molar-refractivity contribution is -0.149. The predicted molar refractivity (Wildman–Crippen MR) is 102 cm³/mol. The van der Waals surface area contributed by atoms with Crippen molar-refractivity contribution in [3.05, 3.63) is 60.2 Å². The number of aliphatic hydroxyl groups is 1. The van der Waals surface area contributed by atoms with Crippen molar-refractivity contribution < 1.29 is 9.90 Å². The number of amides is 1. The fourth-order valence-electron chi connectivity index (χ4n) is 4.46. The van der Waals surface area contributed by atoms with Gasteiger partial charge in [0.25, 0.3) is 0 Å². The zero-order valence-corrected chi connectivity index (χ0v) is 15.0. The Morgan fingerprint density at radius 2 is 1.88 bits per heavy atom. The van der Waals surface area contributed by atoms with Crippen molar-refractivity contribution in [1.29, 1.82) is 0 Å². The first-order valence-electron chi connectivity index (χ1n) is 9.51. The number of hydrogen-bond acceptors (Lipinski definition) is 3. The summed E-state index contributed by atoms with van der Waals surface area (Å²) in [6.45, 7) is 2.97. The Labute approximate surface area is 154 Å². The Morgan fingerprint density at radius 1 is 1.12 bits per heavy atom. The molecule has 0 aliphatic carbocycles. The summed E-state index contributed by atoms with van der Waals surface area (Å²) in [5.74, 6) is 0.0253. The monoisotopic (exact) mass is 350 g/mol. The normalized spacial score (nSPS) is 26.7. The van der Waals surface area contributed by atoms with Gasteiger partial charge < -0.3 is 10.4 Å². The molecule has 4 rings (SSSR count). The van der Waals surface area contributed by atoms with E-state index in [1.54, 1.807) is 0 Å². The molecule has 0 radical (unpaired) electrons. The van der Waals surface area contributed by atoms with Crippen LogP contribution in [0, 0.1) is 5.41 Å². The van der Waals surface area contributed by atoms with E-state index < -0.39 is 11.5 Å². The van der Waals surface area contributed by atoms with Gasteiger partial charge in [-0.2, -0.15) is 0 Å². The van der Waals surface area contributed by atoms with Gasteiger partial charge in [-0.05, 0) is 36.0 Å². The molecule has 1 spiro atoms. The topological polar surface area (TPSA) is 52.6 Å². The molecule has 1 amide bonds. The molecule has 26 heavy (non-hydrogen) atoms. The Morgan fingerprint density at radius 3 is 2.69 bits per heavy atom. The Hall–Kier alpha value is -2.17. The minimum absolute atomic E-state index is 0.0253. The third-order valence-electron chi connectivity index (χ3n) is 5.90. The lowest BCUT2D eigenvalue weighted by atomic mass is 9.71. The second-order valence-corrected chi connectivity index (χ2v) is 7.55. The van der Waals surface area contributed by atoms with E-state index in [-0.39, 0.29) is 5.91 Å². The van der Waals surface area contributed by atoms with Crippen LogP contribution >= 0.6 is 0 Å². The molecule has 2 aromatic carbocycles. The van der Waals surface area contributed by atoms with Gasteiger partial charge in [0, 0.05) is 26.2 Å². The minimum Gasteiger partial charge on any atom is -0.392 e. The van der Waals surface area contributed by atoms with Gasteiger partial charge in [0.15, 0.2) is 0 Å². The average molecular weight is 350 g/mol. The molecular formula is C22H26N2O2. The SMILES string of the molecule is O=C1NCCC[C@]12CN(Cc1ccccc1-c1ccccc1)CC[C@@H]2O. The first-order valence-corrected chi connectivity index (χ1v) is 9.51. The highest BCUT2D eigenvalue weighted by Crippen LogP contribution is 2.38. The summed E-state index contributed by atoms with van der Waals surface area (Å²) in [6, 6.07) is 18.9. The number of nitrogens with one attached hydrogen (secondary N) is 1. The molecule has 2 saturated heterocycles. The second-order valence-electron chi connectivity index (χ2n) is 7.55. The van der Waals surface area contributed by atoms with Crippen LogP contribution in [0.15, 0.2) is 54.6 Å². The molecule has 0 aromatic heterocycles. The van der Waals surface area contributed by atoms with Gasteiger partial charge in [0.2, 0.25) is 5.91 Å². The van der Waals surface area contributed by atoms with E-state index in [1.165, 1.54) is 16.7 Å². The van der Waals surface area contributed by atoms with Crippen molar-refractivity contribution in [2.24, 2.45) is 5.41 Å². The Balaban J connectivity index is 1.58. The summed E-state index contributed by atoms with van der Waals surface area (Å²) in [5, 5.41) is 13.6. The van der Waals surface area contributed by atoms with Gasteiger partial charge in [-0.25, -0.2) is 0 Å². The Kier molecular flexibility index (Phi) is 4.79. The number of rotatable bonds is 3. The average Bonchev–Trinajstić information content (AvgIpc) is 2.68. The number of aliphatic hydroxyl groups excluding tert-OH is 1. The fraction of sp³-hybridized carbons (Fsp3) is 0.409. The molecular weight excluding hydrogens is 324 g/mol. The van der Waals surface area contributed by atoms with E-state index >= 15 is 0 Å². The second kappa shape index (κ2) is 7.22. The molecule has 0 unspecified atom stereocenters. The van der Waals surface area contributed by atoms with Crippen LogP contribution in [0.5, 0.6) is 0 Å². The largest absolute Gasteiger partial charge is 0.392 e. The van der Waals surface area contributed by atoms with E-state index in [9.17, 15) is 9.90 Å². The molecule has 2 heterocycles. The first-order chi connectivity index (χ1) is 12.7. The van der Waals surface area contributed by atoms with Crippen LogP contribution in [-0.4, -0.2) is 41.7 Å². The highest BCUT2D eigenvalue weighted by atomic mass is 16.3. The summed E-state index contributed by atoms with van der Waals surface area (Å²) >= 11 is 0. The first kappa shape index (κ1) is 17.3. The third-order valence-corrected chi connectivity index (χ3v) is 5.90. The molecule has 0 bridgehead atoms. The van der Waals surface area contributed by atoms with Gasteiger partial charge in [0.05, 0.1) is 11.5 Å². The zero-order chi connectivity index (χ0) is 18.0. The molecule has 4 heteroatoms. The highest BCUT2D eigenvalue weighted by Gasteiger charge is 2.49. The fourth-order valence-corrected chi connectivity index (χ4v) is 4.46. The van der Waals surface area contributed by atoms with Crippen LogP contribution in [0.3, 0.4) is 0 Å². The number of nitrogens with zero attached hydrogens (tertiary/aromatic N) is 1. The van der Waals surface area contributed by atoms with Crippen molar-refractivity contribution in [1.82, 2.24) is 10.2 Å². The van der Waals surface area contributed by atoms with Gasteiger partial charge in [-0.3, -0.25) is 9.69 Å². The molecule has 4 nitrogen and oxygen atoms in total. The van der Waals surface area contributed by atoms with Crippen LogP contribution < -0.4 is 5.32 Å². The lowest BCUT2D eigenvalue weighted by Gasteiger charge is -2.47. The quantitative estimate of drug-likeness (QED) is 0.895. The number of carbonyl (C=O) groups excluding carboxylic acids is 1. The van der Waals surface area contributed by atoms with Gasteiger partial charge in [-0.15, -0.1) is 0 Å². The number of likely N-dealkylation sites (tertiary alicyclic amines) is 1. The Bertz CT molecular complexity index is 777. The third kappa shape index (κ3) is 3.15. The number of carbonyl (C=O) groups is 1. The molecule has 2 aromatic rings. The minimum atomic E-state index is -0.641. The number of hydrogen-bond donors (Lipinski definition) is 2. The van der Waals surface area contributed by atoms with E-state index in [1.807, 2.05) is 6.07 Å². The van der Waals surface area contributed by atoms with Gasteiger partial charge in [0.1, 0.15) is 0 Å². The van der Waals surface area contributed by atoms with E-state index in [2.05, 4.69) is 58.7 Å². The number of piperidine rings is 2. The molecule has 0 saturated carbocycles. The van der Waals surface area contributed by atoms with Crippen molar-refractivity contribution >= 4 is 5.91 Å². The summed E-state index contributed by atoms with van der Waals surface area (Å²) in [5.41, 5.74) is 3.08. The summed E-state index contributed by atoms with van der Waals surface area (Å²) < 4.78 is 0. The molecule has 2 N–H and O–H groups in total. The summed E-state index contributed by atoms with van der Waals surface area (Å²) in [6.07, 6.45) is 1.83. The van der Waals surface area contributed by atoms with Crippen LogP contribution in [0.4, 0.5) is 0 Å². The van der Waals surface area contributed by atoms with Crippen LogP contribution in [0.25, 0.3) is 11.1 Å². The summed E-state index contributed by atoms with van der Waals surface area (Å²) in [4.78, 5) is 14.9. The van der Waals surface area contributed by atoms with Crippen LogP contribution in [-0.2, 0) is 11.3 Å². The van der Waals surface area contributed by atoms with Crippen LogP contribution in [0.1, 0.15) is 24.8 Å². The smallest absolute Gasteiger partial charge is 0.230 e. The van der Waals surface area contributed by atoms with Crippen molar-refractivity contribution in [3.8, 4) is 11.1 Å².